The topological polar surface area (TPSA) is 29.3 Å². The van der Waals surface area contributed by atoms with Crippen LogP contribution in [0.4, 0.5) is 0 Å². The van der Waals surface area contributed by atoms with Gasteiger partial charge < -0.3 is 5.21 Å². The molecule has 0 amide bonds. The molecule has 1 aromatic carbocycles. The number of hydrogen-bond acceptors (Lipinski definition) is 3. The van der Waals surface area contributed by atoms with Gasteiger partial charge >= 0.3 is 0 Å². The van der Waals surface area contributed by atoms with Crippen molar-refractivity contribution in [1.29, 1.82) is 0 Å². The number of hydrogen-bond donors (Lipinski definition) is 0. The van der Waals surface area contributed by atoms with Crippen LogP contribution in [0.25, 0.3) is 0 Å². The lowest BCUT2D eigenvalue weighted by atomic mass is 10.1. The zero-order valence-electron chi connectivity index (χ0n) is 12.6. The highest BCUT2D eigenvalue weighted by Crippen LogP contribution is 2.41. The highest BCUT2D eigenvalue weighted by atomic mass is 32.2. The lowest BCUT2D eigenvalue weighted by Gasteiger charge is -2.29. The summed E-state index contributed by atoms with van der Waals surface area (Å²) in [4.78, 5) is 1.94. The van der Waals surface area contributed by atoms with Crippen LogP contribution in [-0.2, 0) is 0 Å². The molecule has 3 nitrogen and oxygen atoms in total. The van der Waals surface area contributed by atoms with E-state index in [1.165, 1.54) is 5.56 Å². The molecule has 0 aromatic heterocycles. The molecule has 0 bridgehead atoms. The number of nitrogens with zero attached hydrogens (tertiary/aromatic N) is 2. The van der Waals surface area contributed by atoms with E-state index in [4.69, 9.17) is 12.2 Å². The van der Waals surface area contributed by atoms with Crippen LogP contribution in [0.1, 0.15) is 25.0 Å². The summed E-state index contributed by atoms with van der Waals surface area (Å²) in [7, 11) is 0. The molecule has 21 heavy (non-hydrogen) atoms. The second-order valence-electron chi connectivity index (χ2n) is 5.69. The summed E-state index contributed by atoms with van der Waals surface area (Å²) in [6.07, 6.45) is 3.09. The molecule has 0 saturated carbocycles. The van der Waals surface area contributed by atoms with Crippen molar-refractivity contribution in [2.45, 2.75) is 31.7 Å². The van der Waals surface area contributed by atoms with E-state index in [0.717, 1.165) is 14.6 Å². The standard InChI is InChI=1S/C16H20N2OS2/c1-5-10-17-14(16(3,4)21-15(17)20)18(19)11-13-8-6-12(2)7-9-13/h5-9,11,14H,1,10H2,2-4H3/b18-11-/t14-/m0/s1. The van der Waals surface area contributed by atoms with Gasteiger partial charge in [-0.3, -0.25) is 4.90 Å². The van der Waals surface area contributed by atoms with Crippen molar-refractivity contribution in [2.75, 3.05) is 6.54 Å². The Hall–Kier alpha value is -1.33. The Kier molecular flexibility index (Phi) is 4.74. The lowest BCUT2D eigenvalue weighted by Crippen LogP contribution is -2.47. The molecule has 1 aromatic rings. The maximum Gasteiger partial charge on any atom is 0.254 e. The van der Waals surface area contributed by atoms with E-state index in [0.29, 0.717) is 6.54 Å². The van der Waals surface area contributed by atoms with Gasteiger partial charge in [0.05, 0.1) is 0 Å². The second kappa shape index (κ2) is 6.20. The fourth-order valence-corrected chi connectivity index (χ4v) is 4.34. The summed E-state index contributed by atoms with van der Waals surface area (Å²) < 4.78 is 1.51. The van der Waals surface area contributed by atoms with E-state index in [2.05, 4.69) is 6.58 Å². The predicted molar refractivity (Wildman–Crippen MR) is 94.9 cm³/mol. The Morgan fingerprint density at radius 1 is 1.43 bits per heavy atom. The highest BCUT2D eigenvalue weighted by Gasteiger charge is 2.49. The molecule has 0 aliphatic carbocycles. The number of thioether (sulfide) groups is 1. The SMILES string of the molecule is C=CCN1C(=S)SC(C)(C)[C@@H]1/[N+]([O-])=C/c1ccc(C)cc1. The molecule has 1 fully saturated rings. The van der Waals surface area contributed by atoms with Gasteiger partial charge in [0.1, 0.15) is 9.07 Å². The summed E-state index contributed by atoms with van der Waals surface area (Å²) in [5.41, 5.74) is 2.07. The number of hydroxylamine groups is 1. The zero-order valence-corrected chi connectivity index (χ0v) is 14.2. The minimum atomic E-state index is -0.325. The molecule has 1 aliphatic rings. The average molecular weight is 320 g/mol. The van der Waals surface area contributed by atoms with E-state index in [9.17, 15) is 5.21 Å². The van der Waals surface area contributed by atoms with Crippen LogP contribution in [0.2, 0.25) is 0 Å². The van der Waals surface area contributed by atoms with Gasteiger partial charge in [-0.2, -0.15) is 4.74 Å². The predicted octanol–water partition coefficient (Wildman–Crippen LogP) is 3.55. The molecule has 1 heterocycles. The summed E-state index contributed by atoms with van der Waals surface area (Å²) in [5, 5.41) is 12.7. The number of benzene rings is 1. The quantitative estimate of drug-likeness (QED) is 0.212. The molecule has 0 spiro atoms. The molecular formula is C16H20N2OS2. The van der Waals surface area contributed by atoms with Crippen LogP contribution in [0.15, 0.2) is 36.9 Å². The van der Waals surface area contributed by atoms with E-state index < -0.39 is 0 Å². The number of aryl methyl sites for hydroxylation is 1. The third kappa shape index (κ3) is 3.47. The van der Waals surface area contributed by atoms with Crippen molar-refractivity contribution in [3.8, 4) is 0 Å². The van der Waals surface area contributed by atoms with Crippen molar-refractivity contribution in [2.24, 2.45) is 0 Å². The Labute approximate surface area is 135 Å². The normalized spacial score (nSPS) is 21.7. The van der Waals surface area contributed by atoms with Crippen LogP contribution in [-0.4, -0.2) is 37.6 Å². The Balaban J connectivity index is 2.33. The Bertz CT molecular complexity index is 578. The molecule has 112 valence electrons. The lowest BCUT2D eigenvalue weighted by molar-refractivity contribution is -0.523. The molecule has 2 rings (SSSR count). The first-order chi connectivity index (χ1) is 9.85. The van der Waals surface area contributed by atoms with E-state index in [1.54, 1.807) is 24.1 Å². The van der Waals surface area contributed by atoms with Crippen LogP contribution in [0, 0.1) is 12.1 Å². The zero-order chi connectivity index (χ0) is 15.6. The Morgan fingerprint density at radius 2 is 2.05 bits per heavy atom. The van der Waals surface area contributed by atoms with Crippen LogP contribution in [0.3, 0.4) is 0 Å². The maximum absolute atomic E-state index is 12.7. The molecule has 0 N–H and O–H groups in total. The van der Waals surface area contributed by atoms with Crippen molar-refractivity contribution >= 4 is 34.5 Å². The first kappa shape index (κ1) is 16.0. The average Bonchev–Trinajstić information content (AvgIpc) is 2.62. The van der Waals surface area contributed by atoms with Gasteiger partial charge in [-0.25, -0.2) is 0 Å². The molecular weight excluding hydrogens is 300 g/mol. The summed E-state index contributed by atoms with van der Waals surface area (Å²) >= 11 is 6.96. The van der Waals surface area contributed by atoms with Gasteiger partial charge in [0.25, 0.3) is 6.17 Å². The van der Waals surface area contributed by atoms with Crippen molar-refractivity contribution < 1.29 is 4.74 Å². The van der Waals surface area contributed by atoms with Gasteiger partial charge in [-0.05, 0) is 32.9 Å². The fraction of sp³-hybridized carbons (Fsp3) is 0.375. The minimum Gasteiger partial charge on any atom is -0.622 e. The van der Waals surface area contributed by atoms with Crippen molar-refractivity contribution in [3.63, 3.8) is 0 Å². The second-order valence-corrected chi connectivity index (χ2v) is 7.97. The monoisotopic (exact) mass is 320 g/mol. The fourth-order valence-electron chi connectivity index (χ4n) is 2.44. The smallest absolute Gasteiger partial charge is 0.254 e. The maximum atomic E-state index is 12.7. The van der Waals surface area contributed by atoms with Crippen molar-refractivity contribution in [3.05, 3.63) is 53.3 Å². The molecule has 5 heteroatoms. The molecule has 1 atom stereocenters. The minimum absolute atomic E-state index is 0.261. The van der Waals surface area contributed by atoms with Gasteiger partial charge in [-0.1, -0.05) is 47.8 Å². The molecule has 1 saturated heterocycles. The van der Waals surface area contributed by atoms with Crippen molar-refractivity contribution in [1.82, 2.24) is 4.90 Å². The number of rotatable bonds is 4. The van der Waals surface area contributed by atoms with E-state index in [-0.39, 0.29) is 10.9 Å². The molecule has 1 aliphatic heterocycles. The molecule has 0 unspecified atom stereocenters. The highest BCUT2D eigenvalue weighted by molar-refractivity contribution is 8.24. The van der Waals surface area contributed by atoms with Crippen LogP contribution < -0.4 is 0 Å². The van der Waals surface area contributed by atoms with Gasteiger partial charge in [-0.15, -0.1) is 6.58 Å². The van der Waals surface area contributed by atoms with Gasteiger partial charge in [0.2, 0.25) is 0 Å². The summed E-state index contributed by atoms with van der Waals surface area (Å²) in [6, 6.07) is 7.90. The first-order valence-corrected chi connectivity index (χ1v) is 8.05. The first-order valence-electron chi connectivity index (χ1n) is 6.82. The van der Waals surface area contributed by atoms with Gasteiger partial charge in [0, 0.05) is 12.1 Å². The van der Waals surface area contributed by atoms with E-state index >= 15 is 0 Å². The van der Waals surface area contributed by atoms with Crippen LogP contribution in [0.5, 0.6) is 0 Å². The van der Waals surface area contributed by atoms with E-state index in [1.807, 2.05) is 49.9 Å². The molecule has 0 radical (unpaired) electrons. The Morgan fingerprint density at radius 3 is 2.62 bits per heavy atom. The largest absolute Gasteiger partial charge is 0.622 e. The van der Waals surface area contributed by atoms with Crippen LogP contribution >= 0.6 is 24.0 Å². The third-order valence-electron chi connectivity index (χ3n) is 3.42. The summed E-state index contributed by atoms with van der Waals surface area (Å²) in [6.45, 7) is 10.5. The summed E-state index contributed by atoms with van der Waals surface area (Å²) in [5.74, 6) is 0. The number of thiocarbonyl (C=S) groups is 1. The van der Waals surface area contributed by atoms with Gasteiger partial charge in [0.15, 0.2) is 6.21 Å². The third-order valence-corrected chi connectivity index (χ3v) is 5.05.